The molecule has 0 atom stereocenters. The number of urea groups is 1. The predicted molar refractivity (Wildman–Crippen MR) is 66.5 cm³/mol. The van der Waals surface area contributed by atoms with Crippen molar-refractivity contribution in [2.45, 2.75) is 39.0 Å². The summed E-state index contributed by atoms with van der Waals surface area (Å²) in [6.45, 7) is 3.15. The molecular formula is C12H21N3O. The number of carbonyl (C=O) groups is 1. The molecule has 0 aliphatic carbocycles. The van der Waals surface area contributed by atoms with Crippen LogP contribution in [0.1, 0.15) is 39.0 Å². The molecule has 0 bridgehead atoms. The normalized spacial score (nSPS) is 18.6. The number of likely N-dealkylation sites (tertiary alicyclic amines) is 1. The summed E-state index contributed by atoms with van der Waals surface area (Å²) < 4.78 is 0. The van der Waals surface area contributed by atoms with Gasteiger partial charge < -0.3 is 10.2 Å². The molecule has 1 fully saturated rings. The topological polar surface area (TPSA) is 44.7 Å². The molecule has 1 saturated heterocycles. The molecule has 0 aromatic carbocycles. The summed E-state index contributed by atoms with van der Waals surface area (Å²) in [7, 11) is 1.97. The lowest BCUT2D eigenvalue weighted by Crippen LogP contribution is -2.23. The fourth-order valence-corrected chi connectivity index (χ4v) is 1.62. The number of nitrogens with zero attached hydrogens (tertiary/aromatic N) is 2. The van der Waals surface area contributed by atoms with E-state index >= 15 is 0 Å². The van der Waals surface area contributed by atoms with E-state index in [0.717, 1.165) is 38.1 Å². The van der Waals surface area contributed by atoms with E-state index in [1.165, 1.54) is 6.42 Å². The SMILES string of the molecule is CCCCC=CNC(=O)N=C1CCCN1C. The van der Waals surface area contributed by atoms with Gasteiger partial charge in [-0.25, -0.2) is 4.79 Å². The number of carbonyl (C=O) groups excluding carboxylic acids is 1. The van der Waals surface area contributed by atoms with Gasteiger partial charge >= 0.3 is 6.03 Å². The highest BCUT2D eigenvalue weighted by Gasteiger charge is 2.14. The largest absolute Gasteiger partial charge is 0.363 e. The van der Waals surface area contributed by atoms with Crippen molar-refractivity contribution < 1.29 is 4.79 Å². The number of amidine groups is 1. The molecule has 0 aromatic heterocycles. The molecule has 2 amide bonds. The first kappa shape index (κ1) is 12.7. The summed E-state index contributed by atoms with van der Waals surface area (Å²) in [6.07, 6.45) is 9.00. The maximum atomic E-state index is 11.4. The Kier molecular flexibility index (Phi) is 5.61. The highest BCUT2D eigenvalue weighted by molar-refractivity contribution is 5.94. The van der Waals surface area contributed by atoms with Crippen LogP contribution in [0, 0.1) is 0 Å². The Morgan fingerprint density at radius 2 is 2.44 bits per heavy atom. The van der Waals surface area contributed by atoms with Crippen LogP contribution in [0.3, 0.4) is 0 Å². The van der Waals surface area contributed by atoms with Crippen molar-refractivity contribution in [2.75, 3.05) is 13.6 Å². The molecule has 16 heavy (non-hydrogen) atoms. The average Bonchev–Trinajstić information content (AvgIpc) is 2.64. The third kappa shape index (κ3) is 4.47. The Morgan fingerprint density at radius 1 is 1.62 bits per heavy atom. The second-order valence-corrected chi connectivity index (χ2v) is 4.05. The monoisotopic (exact) mass is 223 g/mol. The lowest BCUT2D eigenvalue weighted by Gasteiger charge is -2.09. The lowest BCUT2D eigenvalue weighted by molar-refractivity contribution is 0.252. The lowest BCUT2D eigenvalue weighted by atomic mass is 10.2. The van der Waals surface area contributed by atoms with Gasteiger partial charge in [-0.2, -0.15) is 4.99 Å². The Balaban J connectivity index is 2.27. The van der Waals surface area contributed by atoms with Gasteiger partial charge in [-0.3, -0.25) is 0 Å². The van der Waals surface area contributed by atoms with Gasteiger partial charge in [-0.15, -0.1) is 0 Å². The molecule has 0 saturated carbocycles. The maximum Gasteiger partial charge on any atom is 0.346 e. The summed E-state index contributed by atoms with van der Waals surface area (Å²) in [5.41, 5.74) is 0. The second kappa shape index (κ2) is 7.04. The van der Waals surface area contributed by atoms with E-state index in [-0.39, 0.29) is 6.03 Å². The van der Waals surface area contributed by atoms with Crippen molar-refractivity contribution in [1.29, 1.82) is 0 Å². The highest BCUT2D eigenvalue weighted by atomic mass is 16.2. The smallest absolute Gasteiger partial charge is 0.346 e. The zero-order valence-corrected chi connectivity index (χ0v) is 10.2. The molecular weight excluding hydrogens is 202 g/mol. The van der Waals surface area contributed by atoms with Crippen LogP contribution in [0.15, 0.2) is 17.3 Å². The quantitative estimate of drug-likeness (QED) is 0.744. The van der Waals surface area contributed by atoms with E-state index in [4.69, 9.17) is 0 Å². The molecule has 0 aromatic rings. The van der Waals surface area contributed by atoms with Crippen LogP contribution in [-0.2, 0) is 0 Å². The Morgan fingerprint density at radius 3 is 3.06 bits per heavy atom. The van der Waals surface area contributed by atoms with Crippen LogP contribution in [-0.4, -0.2) is 30.4 Å². The summed E-state index contributed by atoms with van der Waals surface area (Å²) in [4.78, 5) is 17.4. The van der Waals surface area contributed by atoms with Gasteiger partial charge in [0.1, 0.15) is 5.84 Å². The van der Waals surface area contributed by atoms with Crippen molar-refractivity contribution >= 4 is 11.9 Å². The number of unbranched alkanes of at least 4 members (excludes halogenated alkanes) is 2. The van der Waals surface area contributed by atoms with Gasteiger partial charge in [0.05, 0.1) is 0 Å². The summed E-state index contributed by atoms with van der Waals surface area (Å²) >= 11 is 0. The fraction of sp³-hybridized carbons (Fsp3) is 0.667. The molecule has 4 heteroatoms. The van der Waals surface area contributed by atoms with Crippen molar-refractivity contribution in [3.63, 3.8) is 0 Å². The molecule has 1 aliphatic rings. The van der Waals surface area contributed by atoms with Crippen LogP contribution < -0.4 is 5.32 Å². The van der Waals surface area contributed by atoms with Crippen LogP contribution in [0.4, 0.5) is 4.79 Å². The standard InChI is InChI=1S/C12H21N3O/c1-3-4-5-6-9-13-12(16)14-11-8-7-10-15(11)2/h6,9H,3-5,7-8,10H2,1-2H3,(H,13,16). The number of nitrogens with one attached hydrogen (secondary N) is 1. The van der Waals surface area contributed by atoms with Gasteiger partial charge in [0.25, 0.3) is 0 Å². The van der Waals surface area contributed by atoms with E-state index in [2.05, 4.69) is 17.2 Å². The Bertz CT molecular complexity index is 284. The van der Waals surface area contributed by atoms with Crippen molar-refractivity contribution in [2.24, 2.45) is 4.99 Å². The van der Waals surface area contributed by atoms with Gasteiger partial charge in [-0.05, 0) is 12.8 Å². The zero-order valence-electron chi connectivity index (χ0n) is 10.2. The first-order chi connectivity index (χ1) is 7.74. The van der Waals surface area contributed by atoms with Crippen LogP contribution in [0.25, 0.3) is 0 Å². The fourth-order valence-electron chi connectivity index (χ4n) is 1.62. The molecule has 1 rings (SSSR count). The zero-order chi connectivity index (χ0) is 11.8. The molecule has 1 aliphatic heterocycles. The number of hydrogen-bond donors (Lipinski definition) is 1. The first-order valence-corrected chi connectivity index (χ1v) is 5.98. The van der Waals surface area contributed by atoms with Gasteiger partial charge in [0, 0.05) is 26.2 Å². The van der Waals surface area contributed by atoms with E-state index < -0.39 is 0 Å². The molecule has 90 valence electrons. The summed E-state index contributed by atoms with van der Waals surface area (Å²) in [5, 5.41) is 2.66. The van der Waals surface area contributed by atoms with E-state index in [0.29, 0.717) is 0 Å². The van der Waals surface area contributed by atoms with Crippen LogP contribution >= 0.6 is 0 Å². The minimum Gasteiger partial charge on any atom is -0.363 e. The Hall–Kier alpha value is -1.32. The van der Waals surface area contributed by atoms with Crippen LogP contribution in [0.2, 0.25) is 0 Å². The van der Waals surface area contributed by atoms with Crippen LogP contribution in [0.5, 0.6) is 0 Å². The van der Waals surface area contributed by atoms with E-state index in [9.17, 15) is 4.79 Å². The van der Waals surface area contributed by atoms with Crippen molar-refractivity contribution in [3.8, 4) is 0 Å². The van der Waals surface area contributed by atoms with Gasteiger partial charge in [0.2, 0.25) is 0 Å². The summed E-state index contributed by atoms with van der Waals surface area (Å²) in [5.74, 6) is 0.888. The van der Waals surface area contributed by atoms with Crippen molar-refractivity contribution in [3.05, 3.63) is 12.3 Å². The number of rotatable bonds is 4. The average molecular weight is 223 g/mol. The number of aliphatic imine (C=N–C) groups is 1. The molecule has 1 heterocycles. The third-order valence-corrected chi connectivity index (χ3v) is 2.61. The molecule has 1 N–H and O–H groups in total. The first-order valence-electron chi connectivity index (χ1n) is 5.98. The van der Waals surface area contributed by atoms with Gasteiger partial charge in [-0.1, -0.05) is 25.8 Å². The number of allylic oxidation sites excluding steroid dienone is 1. The molecule has 0 spiro atoms. The van der Waals surface area contributed by atoms with E-state index in [1.54, 1.807) is 6.20 Å². The van der Waals surface area contributed by atoms with Crippen molar-refractivity contribution in [1.82, 2.24) is 10.2 Å². The van der Waals surface area contributed by atoms with E-state index in [1.807, 2.05) is 18.0 Å². The highest BCUT2D eigenvalue weighted by Crippen LogP contribution is 2.08. The molecule has 0 unspecified atom stereocenters. The summed E-state index contributed by atoms with van der Waals surface area (Å²) in [6, 6.07) is -0.267. The number of hydrogen-bond acceptors (Lipinski definition) is 1. The third-order valence-electron chi connectivity index (χ3n) is 2.61. The minimum absolute atomic E-state index is 0.267. The molecule has 4 nitrogen and oxygen atoms in total. The second-order valence-electron chi connectivity index (χ2n) is 4.05. The Labute approximate surface area is 97.4 Å². The number of amides is 2. The maximum absolute atomic E-state index is 11.4. The predicted octanol–water partition coefficient (Wildman–Crippen LogP) is 2.52. The van der Waals surface area contributed by atoms with Gasteiger partial charge in [0.15, 0.2) is 0 Å². The minimum atomic E-state index is -0.267. The molecule has 0 radical (unpaired) electrons.